The van der Waals surface area contributed by atoms with Gasteiger partial charge in [0.1, 0.15) is 5.82 Å². The maximum absolute atomic E-state index is 4.80. The highest BCUT2D eigenvalue weighted by atomic mass is 127. The fourth-order valence-electron chi connectivity index (χ4n) is 3.45. The molecule has 1 fully saturated rings. The van der Waals surface area contributed by atoms with Crippen LogP contribution >= 0.6 is 35.3 Å². The van der Waals surface area contributed by atoms with Crippen LogP contribution in [0.25, 0.3) is 0 Å². The number of guanidine groups is 1. The first-order valence-electron chi connectivity index (χ1n) is 11.0. The molecule has 0 unspecified atom stereocenters. The van der Waals surface area contributed by atoms with Crippen LogP contribution in [0.2, 0.25) is 0 Å². The van der Waals surface area contributed by atoms with Crippen molar-refractivity contribution < 1.29 is 0 Å². The lowest BCUT2D eigenvalue weighted by molar-refractivity contribution is 0.459. The molecule has 1 aliphatic heterocycles. The van der Waals surface area contributed by atoms with Gasteiger partial charge in [-0.15, -0.1) is 35.3 Å². The minimum absolute atomic E-state index is 0. The summed E-state index contributed by atoms with van der Waals surface area (Å²) in [6, 6.07) is 4.70. The summed E-state index contributed by atoms with van der Waals surface area (Å²) in [5.74, 6) is 2.00. The minimum atomic E-state index is 0. The predicted molar refractivity (Wildman–Crippen MR) is 143 cm³/mol. The van der Waals surface area contributed by atoms with E-state index in [0.717, 1.165) is 57.2 Å². The number of aryl methyl sites for hydroxylation is 1. The monoisotopic (exact) mass is 556 g/mol. The average Bonchev–Trinajstić information content (AvgIpc) is 3.19. The fourth-order valence-corrected chi connectivity index (χ4v) is 4.46. The first-order chi connectivity index (χ1) is 14.3. The number of anilines is 1. The van der Waals surface area contributed by atoms with Gasteiger partial charge in [0.15, 0.2) is 5.96 Å². The Morgan fingerprint density at radius 1 is 1.26 bits per heavy atom. The normalized spacial score (nSPS) is 15.5. The fraction of sp³-hybridized carbons (Fsp3) is 0.609. The van der Waals surface area contributed by atoms with Gasteiger partial charge in [0.05, 0.1) is 10.7 Å². The van der Waals surface area contributed by atoms with Gasteiger partial charge in [-0.05, 0) is 38.3 Å². The van der Waals surface area contributed by atoms with Gasteiger partial charge in [-0.2, -0.15) is 0 Å². The Morgan fingerprint density at radius 2 is 2.00 bits per heavy atom. The summed E-state index contributed by atoms with van der Waals surface area (Å²) < 4.78 is 0. The molecule has 3 heterocycles. The number of aromatic nitrogens is 2. The van der Waals surface area contributed by atoms with Gasteiger partial charge in [0.2, 0.25) is 0 Å². The first kappa shape index (κ1) is 25.8. The van der Waals surface area contributed by atoms with Crippen molar-refractivity contribution in [2.75, 3.05) is 31.1 Å². The Kier molecular flexibility index (Phi) is 9.99. The number of hydrogen-bond acceptors (Lipinski definition) is 5. The van der Waals surface area contributed by atoms with E-state index in [4.69, 9.17) is 9.98 Å². The van der Waals surface area contributed by atoms with Gasteiger partial charge in [-0.25, -0.2) is 9.97 Å². The van der Waals surface area contributed by atoms with E-state index in [1.54, 1.807) is 11.3 Å². The van der Waals surface area contributed by atoms with E-state index < -0.39 is 0 Å². The molecule has 0 bridgehead atoms. The molecule has 3 rings (SSSR count). The predicted octanol–water partition coefficient (Wildman–Crippen LogP) is 4.53. The smallest absolute Gasteiger partial charge is 0.191 e. The second-order valence-electron chi connectivity index (χ2n) is 8.99. The van der Waals surface area contributed by atoms with E-state index in [9.17, 15) is 0 Å². The van der Waals surface area contributed by atoms with Gasteiger partial charge >= 0.3 is 0 Å². The topological polar surface area (TPSA) is 65.4 Å². The van der Waals surface area contributed by atoms with Crippen molar-refractivity contribution in [3.63, 3.8) is 0 Å². The number of pyridine rings is 1. The Hall–Kier alpha value is -1.42. The number of piperidine rings is 1. The Labute approximate surface area is 208 Å². The van der Waals surface area contributed by atoms with Crippen LogP contribution in [0.4, 0.5) is 5.82 Å². The molecule has 2 aromatic rings. The largest absolute Gasteiger partial charge is 0.357 e. The molecule has 0 saturated carbocycles. The second-order valence-corrected chi connectivity index (χ2v) is 9.93. The lowest BCUT2D eigenvalue weighted by Gasteiger charge is -2.33. The third kappa shape index (κ3) is 7.89. The summed E-state index contributed by atoms with van der Waals surface area (Å²) in [4.78, 5) is 16.5. The number of halogens is 1. The van der Waals surface area contributed by atoms with Gasteiger partial charge in [0, 0.05) is 55.6 Å². The van der Waals surface area contributed by atoms with Crippen molar-refractivity contribution in [1.29, 1.82) is 0 Å². The summed E-state index contributed by atoms with van der Waals surface area (Å²) in [5, 5.41) is 10.4. The lowest BCUT2D eigenvalue weighted by Crippen LogP contribution is -2.49. The van der Waals surface area contributed by atoms with Crippen molar-refractivity contribution in [1.82, 2.24) is 20.6 Å². The highest BCUT2D eigenvalue weighted by Gasteiger charge is 2.21. The average molecular weight is 557 g/mol. The van der Waals surface area contributed by atoms with E-state index in [0.29, 0.717) is 6.04 Å². The molecule has 0 aromatic carbocycles. The van der Waals surface area contributed by atoms with Crippen LogP contribution < -0.4 is 15.5 Å². The molecule has 6 nitrogen and oxygen atoms in total. The molecule has 0 aliphatic carbocycles. The molecule has 0 spiro atoms. The van der Waals surface area contributed by atoms with Crippen molar-refractivity contribution in [3.8, 4) is 0 Å². The molecule has 0 amide bonds. The highest BCUT2D eigenvalue weighted by molar-refractivity contribution is 14.0. The highest BCUT2D eigenvalue weighted by Crippen LogP contribution is 2.24. The number of hydrogen-bond donors (Lipinski definition) is 2. The maximum Gasteiger partial charge on any atom is 0.191 e. The molecular formula is C23H37IN6S. The summed E-state index contributed by atoms with van der Waals surface area (Å²) in [7, 11) is 0. The van der Waals surface area contributed by atoms with E-state index in [2.05, 4.69) is 72.6 Å². The molecule has 0 atom stereocenters. The summed E-state index contributed by atoms with van der Waals surface area (Å²) >= 11 is 1.74. The van der Waals surface area contributed by atoms with Gasteiger partial charge in [-0.1, -0.05) is 26.8 Å². The molecule has 172 valence electrons. The third-order valence-corrected chi connectivity index (χ3v) is 6.22. The Balaban J connectivity index is 0.00000341. The zero-order valence-electron chi connectivity index (χ0n) is 19.4. The maximum atomic E-state index is 4.80. The van der Waals surface area contributed by atoms with E-state index in [1.807, 2.05) is 6.20 Å². The number of rotatable bonds is 6. The number of aliphatic imine (C=N–C) groups is 1. The molecule has 1 aliphatic rings. The van der Waals surface area contributed by atoms with Crippen LogP contribution in [0, 0.1) is 6.92 Å². The SMILES string of the molecule is CCNC(=NCCc1nc(C(C)(C)C)cs1)NC1CCN(c2ccc(C)cn2)CC1.I. The summed E-state index contributed by atoms with van der Waals surface area (Å²) in [6.07, 6.45) is 5.00. The minimum Gasteiger partial charge on any atom is -0.357 e. The van der Waals surface area contributed by atoms with Gasteiger partial charge in [0.25, 0.3) is 0 Å². The Morgan fingerprint density at radius 3 is 2.58 bits per heavy atom. The summed E-state index contributed by atoms with van der Waals surface area (Å²) in [6.45, 7) is 14.4. The van der Waals surface area contributed by atoms with E-state index in [-0.39, 0.29) is 29.4 Å². The first-order valence-corrected chi connectivity index (χ1v) is 11.9. The van der Waals surface area contributed by atoms with Crippen molar-refractivity contribution in [3.05, 3.63) is 40.0 Å². The molecule has 0 radical (unpaired) electrons. The zero-order valence-corrected chi connectivity index (χ0v) is 22.6. The van der Waals surface area contributed by atoms with Gasteiger partial charge in [-0.3, -0.25) is 4.99 Å². The molecular weight excluding hydrogens is 519 g/mol. The van der Waals surface area contributed by atoms with E-state index in [1.165, 1.54) is 16.3 Å². The molecule has 1 saturated heterocycles. The quantitative estimate of drug-likeness (QED) is 0.311. The molecule has 2 N–H and O–H groups in total. The number of nitrogens with one attached hydrogen (secondary N) is 2. The van der Waals surface area contributed by atoms with Crippen molar-refractivity contribution in [2.45, 2.75) is 65.3 Å². The lowest BCUT2D eigenvalue weighted by atomic mass is 9.93. The number of nitrogens with zero attached hydrogens (tertiary/aromatic N) is 4. The number of thiazole rings is 1. The van der Waals surface area contributed by atoms with Crippen LogP contribution in [-0.4, -0.2) is 48.1 Å². The third-order valence-electron chi connectivity index (χ3n) is 5.32. The van der Waals surface area contributed by atoms with E-state index >= 15 is 0 Å². The van der Waals surface area contributed by atoms with Crippen LogP contribution in [0.3, 0.4) is 0 Å². The molecule has 31 heavy (non-hydrogen) atoms. The van der Waals surface area contributed by atoms with Crippen molar-refractivity contribution >= 4 is 47.1 Å². The standard InChI is InChI=1S/C23H36N6S.HI/c1-6-24-22(25-12-9-21-28-19(16-30-21)23(3,4)5)27-18-10-13-29(14-11-18)20-8-7-17(2)15-26-20;/h7-8,15-16,18H,6,9-14H2,1-5H3,(H2,24,25,27);1H. The molecule has 2 aromatic heterocycles. The van der Waals surface area contributed by atoms with Crippen molar-refractivity contribution in [2.24, 2.45) is 4.99 Å². The van der Waals surface area contributed by atoms with Crippen LogP contribution in [0.1, 0.15) is 56.8 Å². The van der Waals surface area contributed by atoms with Crippen LogP contribution in [0.15, 0.2) is 28.7 Å². The molecule has 8 heteroatoms. The second kappa shape index (κ2) is 12.0. The summed E-state index contributed by atoms with van der Waals surface area (Å²) in [5.41, 5.74) is 2.48. The van der Waals surface area contributed by atoms with Crippen LogP contribution in [-0.2, 0) is 11.8 Å². The zero-order chi connectivity index (χ0) is 21.6. The van der Waals surface area contributed by atoms with Crippen LogP contribution in [0.5, 0.6) is 0 Å². The van der Waals surface area contributed by atoms with Gasteiger partial charge < -0.3 is 15.5 Å². The Bertz CT molecular complexity index is 819.